The van der Waals surface area contributed by atoms with Crippen molar-refractivity contribution >= 4 is 0 Å². The van der Waals surface area contributed by atoms with Gasteiger partial charge >= 0.3 is 0 Å². The number of likely N-dealkylation sites (tertiary alicyclic amines) is 1. The van der Waals surface area contributed by atoms with E-state index in [4.69, 9.17) is 0 Å². The first-order chi connectivity index (χ1) is 11.7. The third-order valence-electron chi connectivity index (χ3n) is 4.90. The average molecular weight is 327 g/mol. The van der Waals surface area contributed by atoms with E-state index in [0.717, 1.165) is 36.5 Å². The van der Waals surface area contributed by atoms with E-state index < -0.39 is 0 Å². The molecule has 1 atom stereocenters. The van der Waals surface area contributed by atoms with E-state index in [-0.39, 0.29) is 0 Å². The molecule has 0 radical (unpaired) electrons. The monoisotopic (exact) mass is 327 g/mol. The fraction of sp³-hybridized carbons (Fsp3) is 0.632. The lowest BCUT2D eigenvalue weighted by Gasteiger charge is -2.35. The van der Waals surface area contributed by atoms with Gasteiger partial charge < -0.3 is 4.90 Å². The maximum atomic E-state index is 4.68. The molecule has 1 fully saturated rings. The van der Waals surface area contributed by atoms with Crippen molar-refractivity contribution in [1.29, 1.82) is 0 Å². The zero-order valence-electron chi connectivity index (χ0n) is 15.1. The van der Waals surface area contributed by atoms with Crippen molar-refractivity contribution in [2.24, 2.45) is 5.92 Å². The zero-order chi connectivity index (χ0) is 16.9. The van der Waals surface area contributed by atoms with Gasteiger partial charge in [-0.15, -0.1) is 0 Å². The molecule has 3 rings (SSSR count). The Morgan fingerprint density at radius 1 is 1.25 bits per heavy atom. The summed E-state index contributed by atoms with van der Waals surface area (Å²) in [6.45, 7) is 10.1. The second-order valence-corrected chi connectivity index (χ2v) is 7.13. The molecule has 1 saturated heterocycles. The van der Waals surface area contributed by atoms with Crippen molar-refractivity contribution in [2.45, 2.75) is 59.0 Å². The topological polar surface area (TPSA) is 46.8 Å². The van der Waals surface area contributed by atoms with Gasteiger partial charge in [0.15, 0.2) is 0 Å². The Kier molecular flexibility index (Phi) is 5.61. The molecule has 0 amide bonds. The first-order valence-corrected chi connectivity index (χ1v) is 9.24. The summed E-state index contributed by atoms with van der Waals surface area (Å²) in [5, 5.41) is 4.37. The number of nitrogens with zero attached hydrogens (tertiary/aromatic N) is 5. The molecule has 0 N–H and O–H groups in total. The van der Waals surface area contributed by atoms with Crippen molar-refractivity contribution in [2.75, 3.05) is 13.1 Å². The minimum atomic E-state index is 0.639. The van der Waals surface area contributed by atoms with Gasteiger partial charge in [0.25, 0.3) is 0 Å². The summed E-state index contributed by atoms with van der Waals surface area (Å²) in [5.41, 5.74) is 3.08. The van der Waals surface area contributed by atoms with E-state index in [1.807, 2.05) is 29.3 Å². The second kappa shape index (κ2) is 7.88. The van der Waals surface area contributed by atoms with Gasteiger partial charge in [-0.2, -0.15) is 5.10 Å². The summed E-state index contributed by atoms with van der Waals surface area (Å²) in [6, 6.07) is 2.65. The van der Waals surface area contributed by atoms with Crippen LogP contribution in [-0.4, -0.2) is 43.8 Å². The van der Waals surface area contributed by atoms with Crippen LogP contribution in [0.3, 0.4) is 0 Å². The number of piperidine rings is 1. The molecule has 2 aromatic rings. The third-order valence-corrected chi connectivity index (χ3v) is 4.90. The molecule has 0 aliphatic carbocycles. The lowest BCUT2D eigenvalue weighted by Crippen LogP contribution is -2.40. The fourth-order valence-corrected chi connectivity index (χ4v) is 3.56. The Morgan fingerprint density at radius 2 is 2.12 bits per heavy atom. The standard InChI is InChI=1S/C19H29N5/c1-4-9-24-19(7-8-22-24)18-13-20-17(12-21-18)11-16-6-5-10-23(14-16)15(2)3/h7-8,12-13,15-16H,4-6,9-11,14H2,1-3H3. The highest BCUT2D eigenvalue weighted by molar-refractivity contribution is 5.52. The summed E-state index contributed by atoms with van der Waals surface area (Å²) in [4.78, 5) is 11.9. The van der Waals surface area contributed by atoms with Gasteiger partial charge in [0.2, 0.25) is 0 Å². The van der Waals surface area contributed by atoms with E-state index in [1.54, 1.807) is 0 Å². The Hall–Kier alpha value is -1.75. The largest absolute Gasteiger partial charge is 0.301 e. The molecule has 1 aliphatic heterocycles. The minimum absolute atomic E-state index is 0.639. The number of hydrogen-bond acceptors (Lipinski definition) is 4. The lowest BCUT2D eigenvalue weighted by molar-refractivity contribution is 0.139. The molecule has 24 heavy (non-hydrogen) atoms. The SMILES string of the molecule is CCCn1nccc1-c1cnc(CC2CCCN(C(C)C)C2)cn1. The third kappa shape index (κ3) is 4.01. The first-order valence-electron chi connectivity index (χ1n) is 9.24. The molecule has 0 saturated carbocycles. The Balaban J connectivity index is 1.65. The molecule has 0 bridgehead atoms. The van der Waals surface area contributed by atoms with Gasteiger partial charge in [0.05, 0.1) is 17.6 Å². The van der Waals surface area contributed by atoms with Crippen molar-refractivity contribution in [1.82, 2.24) is 24.6 Å². The molecular formula is C19H29N5. The predicted molar refractivity (Wildman–Crippen MR) is 96.7 cm³/mol. The van der Waals surface area contributed by atoms with Crippen LogP contribution >= 0.6 is 0 Å². The molecule has 2 aromatic heterocycles. The highest BCUT2D eigenvalue weighted by Crippen LogP contribution is 2.22. The Morgan fingerprint density at radius 3 is 2.83 bits per heavy atom. The van der Waals surface area contributed by atoms with Gasteiger partial charge in [-0.1, -0.05) is 6.92 Å². The van der Waals surface area contributed by atoms with Crippen LogP contribution in [-0.2, 0) is 13.0 Å². The molecule has 0 aromatic carbocycles. The molecular weight excluding hydrogens is 298 g/mol. The van der Waals surface area contributed by atoms with Crippen LogP contribution in [0, 0.1) is 5.92 Å². The molecule has 1 unspecified atom stereocenters. The summed E-state index contributed by atoms with van der Waals surface area (Å²) in [6.07, 6.45) is 10.4. The van der Waals surface area contributed by atoms with E-state index in [2.05, 4.69) is 40.7 Å². The summed E-state index contributed by atoms with van der Waals surface area (Å²) >= 11 is 0. The van der Waals surface area contributed by atoms with Crippen LogP contribution in [0.5, 0.6) is 0 Å². The maximum absolute atomic E-state index is 4.68. The van der Waals surface area contributed by atoms with Crippen LogP contribution < -0.4 is 0 Å². The molecule has 1 aliphatic rings. The Bertz CT molecular complexity index is 631. The second-order valence-electron chi connectivity index (χ2n) is 7.13. The van der Waals surface area contributed by atoms with Crippen LogP contribution in [0.2, 0.25) is 0 Å². The summed E-state index contributed by atoms with van der Waals surface area (Å²) < 4.78 is 2.01. The van der Waals surface area contributed by atoms with E-state index in [1.165, 1.54) is 25.9 Å². The zero-order valence-corrected chi connectivity index (χ0v) is 15.1. The van der Waals surface area contributed by atoms with Gasteiger partial charge in [-0.05, 0) is 58.1 Å². The maximum Gasteiger partial charge on any atom is 0.107 e. The summed E-state index contributed by atoms with van der Waals surface area (Å²) in [7, 11) is 0. The average Bonchev–Trinajstić information content (AvgIpc) is 3.04. The van der Waals surface area contributed by atoms with Crippen LogP contribution in [0.15, 0.2) is 24.7 Å². The normalized spacial score (nSPS) is 19.1. The van der Waals surface area contributed by atoms with Crippen molar-refractivity contribution in [3.8, 4) is 11.4 Å². The van der Waals surface area contributed by atoms with E-state index in [0.29, 0.717) is 12.0 Å². The molecule has 5 nitrogen and oxygen atoms in total. The number of aryl methyl sites for hydroxylation is 1. The fourth-order valence-electron chi connectivity index (χ4n) is 3.56. The number of rotatable bonds is 6. The quantitative estimate of drug-likeness (QED) is 0.816. The van der Waals surface area contributed by atoms with Crippen molar-refractivity contribution in [3.05, 3.63) is 30.4 Å². The molecule has 130 valence electrons. The van der Waals surface area contributed by atoms with Crippen LogP contribution in [0.4, 0.5) is 0 Å². The van der Waals surface area contributed by atoms with E-state index >= 15 is 0 Å². The highest BCUT2D eigenvalue weighted by Gasteiger charge is 2.22. The first kappa shape index (κ1) is 17.1. The summed E-state index contributed by atoms with van der Waals surface area (Å²) in [5.74, 6) is 0.701. The van der Waals surface area contributed by atoms with Crippen molar-refractivity contribution < 1.29 is 0 Å². The molecule has 3 heterocycles. The number of aromatic nitrogens is 4. The smallest absolute Gasteiger partial charge is 0.107 e. The number of hydrogen-bond donors (Lipinski definition) is 0. The van der Waals surface area contributed by atoms with Crippen LogP contribution in [0.25, 0.3) is 11.4 Å². The Labute approximate surface area is 145 Å². The molecule has 0 spiro atoms. The molecule has 5 heteroatoms. The lowest BCUT2D eigenvalue weighted by atomic mass is 9.93. The van der Waals surface area contributed by atoms with E-state index in [9.17, 15) is 0 Å². The van der Waals surface area contributed by atoms with Gasteiger partial charge in [-0.3, -0.25) is 14.6 Å². The van der Waals surface area contributed by atoms with Crippen LogP contribution in [0.1, 0.15) is 45.7 Å². The predicted octanol–water partition coefficient (Wildman–Crippen LogP) is 3.41. The van der Waals surface area contributed by atoms with Crippen molar-refractivity contribution in [3.63, 3.8) is 0 Å². The van der Waals surface area contributed by atoms with Gasteiger partial charge in [0, 0.05) is 31.5 Å². The van der Waals surface area contributed by atoms with Gasteiger partial charge in [0.1, 0.15) is 5.69 Å². The minimum Gasteiger partial charge on any atom is -0.301 e. The van der Waals surface area contributed by atoms with Gasteiger partial charge in [-0.25, -0.2) is 0 Å². The highest BCUT2D eigenvalue weighted by atomic mass is 15.3.